The maximum atomic E-state index is 10.7. The van der Waals surface area contributed by atoms with Crippen molar-refractivity contribution in [1.29, 1.82) is 0 Å². The van der Waals surface area contributed by atoms with Crippen molar-refractivity contribution in [3.63, 3.8) is 0 Å². The van der Waals surface area contributed by atoms with Gasteiger partial charge in [-0.1, -0.05) is 11.6 Å². The third-order valence-corrected chi connectivity index (χ3v) is 2.96. The first-order valence-corrected chi connectivity index (χ1v) is 6.20. The fourth-order valence-electron chi connectivity index (χ4n) is 1.63. The number of hydrogen-bond donors (Lipinski definition) is 1. The summed E-state index contributed by atoms with van der Waals surface area (Å²) in [7, 11) is 0. The van der Waals surface area contributed by atoms with E-state index in [1.807, 2.05) is 0 Å². The van der Waals surface area contributed by atoms with Crippen molar-refractivity contribution in [2.45, 2.75) is 13.0 Å². The SMILES string of the molecule is CC(Oc1ccc([N+](=O)[O-])cc1Cl)c1ccc(C(=O)O)o1. The highest BCUT2D eigenvalue weighted by atomic mass is 35.5. The molecule has 8 heteroatoms. The van der Waals surface area contributed by atoms with Crippen molar-refractivity contribution in [2.24, 2.45) is 0 Å². The normalized spacial score (nSPS) is 11.9. The van der Waals surface area contributed by atoms with Crippen LogP contribution in [0.1, 0.15) is 29.3 Å². The van der Waals surface area contributed by atoms with Gasteiger partial charge in [-0.05, 0) is 25.1 Å². The fraction of sp³-hybridized carbons (Fsp3) is 0.154. The highest BCUT2D eigenvalue weighted by Gasteiger charge is 2.18. The minimum atomic E-state index is -1.18. The third-order valence-electron chi connectivity index (χ3n) is 2.67. The summed E-state index contributed by atoms with van der Waals surface area (Å²) < 4.78 is 10.6. The number of furan rings is 1. The summed E-state index contributed by atoms with van der Waals surface area (Å²) in [6, 6.07) is 6.60. The topological polar surface area (TPSA) is 103 Å². The van der Waals surface area contributed by atoms with Gasteiger partial charge in [0.15, 0.2) is 6.10 Å². The lowest BCUT2D eigenvalue weighted by molar-refractivity contribution is -0.384. The lowest BCUT2D eigenvalue weighted by atomic mass is 10.2. The summed E-state index contributed by atoms with van der Waals surface area (Å²) in [5, 5.41) is 19.5. The average Bonchev–Trinajstić information content (AvgIpc) is 2.90. The van der Waals surface area contributed by atoms with Gasteiger partial charge in [-0.2, -0.15) is 0 Å². The van der Waals surface area contributed by atoms with Crippen LogP contribution in [-0.2, 0) is 0 Å². The molecule has 0 aliphatic heterocycles. The molecule has 1 unspecified atom stereocenters. The number of rotatable bonds is 5. The molecule has 21 heavy (non-hydrogen) atoms. The Hall–Kier alpha value is -2.54. The number of aromatic carboxylic acids is 1. The molecule has 0 aliphatic carbocycles. The molecule has 0 fully saturated rings. The van der Waals surface area contributed by atoms with Crippen molar-refractivity contribution in [1.82, 2.24) is 0 Å². The Balaban J connectivity index is 2.17. The lowest BCUT2D eigenvalue weighted by Crippen LogP contribution is -2.03. The van der Waals surface area contributed by atoms with E-state index in [9.17, 15) is 14.9 Å². The lowest BCUT2D eigenvalue weighted by Gasteiger charge is -2.13. The molecule has 0 saturated heterocycles. The Morgan fingerprint density at radius 2 is 2.14 bits per heavy atom. The summed E-state index contributed by atoms with van der Waals surface area (Å²) in [4.78, 5) is 20.8. The maximum absolute atomic E-state index is 10.7. The summed E-state index contributed by atoms with van der Waals surface area (Å²) >= 11 is 5.91. The third kappa shape index (κ3) is 3.32. The van der Waals surface area contributed by atoms with Gasteiger partial charge in [0.25, 0.3) is 5.69 Å². The molecule has 1 N–H and O–H groups in total. The van der Waals surface area contributed by atoms with Gasteiger partial charge in [-0.25, -0.2) is 4.79 Å². The summed E-state index contributed by atoms with van der Waals surface area (Å²) in [6.07, 6.45) is -0.600. The Bertz CT molecular complexity index is 696. The number of carbonyl (C=O) groups is 1. The fourth-order valence-corrected chi connectivity index (χ4v) is 1.85. The number of nitro benzene ring substituents is 1. The number of benzene rings is 1. The van der Waals surface area contributed by atoms with Crippen molar-refractivity contribution >= 4 is 23.3 Å². The number of nitrogens with zero attached hydrogens (tertiary/aromatic N) is 1. The van der Waals surface area contributed by atoms with E-state index in [0.29, 0.717) is 5.76 Å². The van der Waals surface area contributed by atoms with Gasteiger partial charge in [0.2, 0.25) is 5.76 Å². The van der Waals surface area contributed by atoms with Crippen molar-refractivity contribution in [3.05, 3.63) is 57.0 Å². The van der Waals surface area contributed by atoms with Crippen molar-refractivity contribution in [2.75, 3.05) is 0 Å². The quantitative estimate of drug-likeness (QED) is 0.667. The van der Waals surface area contributed by atoms with Gasteiger partial charge in [-0.3, -0.25) is 10.1 Å². The van der Waals surface area contributed by atoms with E-state index < -0.39 is 17.0 Å². The second-order valence-corrected chi connectivity index (χ2v) is 4.55. The van der Waals surface area contributed by atoms with Gasteiger partial charge in [-0.15, -0.1) is 0 Å². The standard InChI is InChI=1S/C13H10ClNO6/c1-7(10-4-5-12(21-10)13(16)17)20-11-3-2-8(15(18)19)6-9(11)14/h2-7H,1H3,(H,16,17). The van der Waals surface area contributed by atoms with Gasteiger partial charge in [0, 0.05) is 12.1 Å². The van der Waals surface area contributed by atoms with Crippen LogP contribution in [0.4, 0.5) is 5.69 Å². The Morgan fingerprint density at radius 3 is 2.67 bits per heavy atom. The molecule has 0 saturated carbocycles. The highest BCUT2D eigenvalue weighted by Crippen LogP contribution is 2.32. The van der Waals surface area contributed by atoms with Crippen LogP contribution in [0.15, 0.2) is 34.7 Å². The molecule has 1 heterocycles. The Kier molecular flexibility index (Phi) is 4.13. The second kappa shape index (κ2) is 5.84. The number of ether oxygens (including phenoxy) is 1. The minimum Gasteiger partial charge on any atom is -0.481 e. The number of non-ortho nitro benzene ring substituents is 1. The molecule has 1 aromatic heterocycles. The van der Waals surface area contributed by atoms with Gasteiger partial charge in [0.05, 0.1) is 9.95 Å². The van der Waals surface area contributed by atoms with Crippen molar-refractivity contribution in [3.8, 4) is 5.75 Å². The van der Waals surface area contributed by atoms with Crippen LogP contribution in [0, 0.1) is 10.1 Å². The first-order valence-electron chi connectivity index (χ1n) is 5.82. The largest absolute Gasteiger partial charge is 0.481 e. The zero-order valence-corrected chi connectivity index (χ0v) is 11.5. The van der Waals surface area contributed by atoms with Crippen LogP contribution < -0.4 is 4.74 Å². The van der Waals surface area contributed by atoms with Crippen molar-refractivity contribution < 1.29 is 24.0 Å². The molecule has 0 spiro atoms. The van der Waals surface area contributed by atoms with Gasteiger partial charge >= 0.3 is 5.97 Å². The Morgan fingerprint density at radius 1 is 1.43 bits per heavy atom. The maximum Gasteiger partial charge on any atom is 0.371 e. The van der Waals surface area contributed by atoms with Crippen LogP contribution in [0.25, 0.3) is 0 Å². The molecule has 7 nitrogen and oxygen atoms in total. The molecule has 0 aliphatic rings. The number of nitro groups is 1. The molecule has 1 atom stereocenters. The van der Waals surface area contributed by atoms with Crippen LogP contribution in [0.2, 0.25) is 5.02 Å². The summed E-state index contributed by atoms with van der Waals surface area (Å²) in [6.45, 7) is 1.64. The zero-order valence-electron chi connectivity index (χ0n) is 10.8. The molecule has 0 bridgehead atoms. The molecule has 0 amide bonds. The van der Waals surface area contributed by atoms with E-state index in [-0.39, 0.29) is 22.2 Å². The van der Waals surface area contributed by atoms with E-state index in [0.717, 1.165) is 0 Å². The molecule has 2 aromatic rings. The van der Waals surface area contributed by atoms with Crippen LogP contribution >= 0.6 is 11.6 Å². The molecule has 110 valence electrons. The summed E-state index contributed by atoms with van der Waals surface area (Å²) in [5.41, 5.74) is -0.147. The number of carboxylic acids is 1. The smallest absolute Gasteiger partial charge is 0.371 e. The van der Waals surface area contributed by atoms with Gasteiger partial charge in [0.1, 0.15) is 11.5 Å². The molecule has 2 rings (SSSR count). The first-order chi connectivity index (χ1) is 9.88. The van der Waals surface area contributed by atoms with E-state index >= 15 is 0 Å². The average molecular weight is 312 g/mol. The first kappa shape index (κ1) is 14.9. The Labute approximate surface area is 123 Å². The van der Waals surface area contributed by atoms with E-state index in [1.165, 1.54) is 30.3 Å². The highest BCUT2D eigenvalue weighted by molar-refractivity contribution is 6.32. The second-order valence-electron chi connectivity index (χ2n) is 4.14. The number of hydrogen-bond acceptors (Lipinski definition) is 5. The van der Waals surface area contributed by atoms with Crippen LogP contribution in [0.5, 0.6) is 5.75 Å². The monoisotopic (exact) mass is 311 g/mol. The van der Waals surface area contributed by atoms with Crippen LogP contribution in [-0.4, -0.2) is 16.0 Å². The number of halogens is 1. The summed E-state index contributed by atoms with van der Waals surface area (Å²) in [5.74, 6) is -0.832. The zero-order chi connectivity index (χ0) is 15.6. The number of carboxylic acid groups (broad SMARTS) is 1. The molecular weight excluding hydrogens is 302 g/mol. The van der Waals surface area contributed by atoms with Crippen LogP contribution in [0.3, 0.4) is 0 Å². The van der Waals surface area contributed by atoms with Gasteiger partial charge < -0.3 is 14.3 Å². The molecular formula is C13H10ClNO6. The van der Waals surface area contributed by atoms with E-state index in [4.69, 9.17) is 25.9 Å². The van der Waals surface area contributed by atoms with E-state index in [1.54, 1.807) is 6.92 Å². The molecule has 0 radical (unpaired) electrons. The predicted octanol–water partition coefficient (Wildman–Crippen LogP) is 3.68. The predicted molar refractivity (Wildman–Crippen MR) is 72.8 cm³/mol. The molecule has 1 aromatic carbocycles. The minimum absolute atomic E-state index is 0.0843. The van der Waals surface area contributed by atoms with E-state index in [2.05, 4.69) is 0 Å².